The Bertz CT molecular complexity index is 467. The standard InChI is InChI=1S/C15H21NO3/c1-15(2)8-13(15)16-9-10-6-11(17-3)14-12(7-10)18-4-5-19-14/h6-7,13,16H,4-5,8-9H2,1-3H3. The minimum absolute atomic E-state index is 0.442. The summed E-state index contributed by atoms with van der Waals surface area (Å²) < 4.78 is 16.6. The van der Waals surface area contributed by atoms with Gasteiger partial charge in [0.25, 0.3) is 0 Å². The molecule has 1 N–H and O–H groups in total. The number of hydrogen-bond acceptors (Lipinski definition) is 4. The van der Waals surface area contributed by atoms with Crippen LogP contribution in [0.25, 0.3) is 0 Å². The minimum atomic E-state index is 0.442. The number of benzene rings is 1. The molecule has 0 aromatic heterocycles. The zero-order valence-corrected chi connectivity index (χ0v) is 11.8. The van der Waals surface area contributed by atoms with Crippen LogP contribution >= 0.6 is 0 Å². The largest absolute Gasteiger partial charge is 0.493 e. The molecule has 1 unspecified atom stereocenters. The van der Waals surface area contributed by atoms with E-state index in [9.17, 15) is 0 Å². The fourth-order valence-corrected chi connectivity index (χ4v) is 2.49. The smallest absolute Gasteiger partial charge is 0.203 e. The average Bonchev–Trinajstić information content (AvgIpc) is 3.03. The molecule has 4 heteroatoms. The van der Waals surface area contributed by atoms with E-state index >= 15 is 0 Å². The molecule has 0 saturated heterocycles. The number of hydrogen-bond donors (Lipinski definition) is 1. The van der Waals surface area contributed by atoms with Gasteiger partial charge in [-0.1, -0.05) is 13.8 Å². The Kier molecular flexibility index (Phi) is 3.05. The molecule has 1 aromatic rings. The van der Waals surface area contributed by atoms with E-state index in [0.717, 1.165) is 23.8 Å². The number of fused-ring (bicyclic) bond motifs is 1. The molecule has 0 spiro atoms. The third-order valence-electron chi connectivity index (χ3n) is 3.95. The van der Waals surface area contributed by atoms with E-state index in [1.807, 2.05) is 12.1 Å². The maximum absolute atomic E-state index is 5.64. The molecule has 0 radical (unpaired) electrons. The molecule has 1 atom stereocenters. The van der Waals surface area contributed by atoms with E-state index in [1.165, 1.54) is 12.0 Å². The van der Waals surface area contributed by atoms with Crippen LogP contribution in [0.2, 0.25) is 0 Å². The molecule has 0 amide bonds. The highest BCUT2D eigenvalue weighted by molar-refractivity contribution is 5.54. The quantitative estimate of drug-likeness (QED) is 0.905. The van der Waals surface area contributed by atoms with Crippen molar-refractivity contribution < 1.29 is 14.2 Å². The SMILES string of the molecule is COc1cc(CNC2CC2(C)C)cc2c1OCCO2. The molecule has 0 bridgehead atoms. The van der Waals surface area contributed by atoms with Crippen molar-refractivity contribution in [3.05, 3.63) is 17.7 Å². The lowest BCUT2D eigenvalue weighted by Crippen LogP contribution is -2.21. The van der Waals surface area contributed by atoms with Crippen molar-refractivity contribution in [1.29, 1.82) is 0 Å². The summed E-state index contributed by atoms with van der Waals surface area (Å²) in [6, 6.07) is 4.68. The fraction of sp³-hybridized carbons (Fsp3) is 0.600. The van der Waals surface area contributed by atoms with Gasteiger partial charge in [0.15, 0.2) is 11.5 Å². The van der Waals surface area contributed by atoms with Crippen LogP contribution in [0.3, 0.4) is 0 Å². The summed E-state index contributed by atoms with van der Waals surface area (Å²) in [4.78, 5) is 0. The Hall–Kier alpha value is -1.42. The van der Waals surface area contributed by atoms with Crippen LogP contribution in [-0.4, -0.2) is 26.4 Å². The van der Waals surface area contributed by atoms with Gasteiger partial charge in [-0.2, -0.15) is 0 Å². The molecular weight excluding hydrogens is 242 g/mol. The summed E-state index contributed by atoms with van der Waals surface area (Å²) >= 11 is 0. The van der Waals surface area contributed by atoms with Crippen molar-refractivity contribution >= 4 is 0 Å². The van der Waals surface area contributed by atoms with Crippen molar-refractivity contribution in [2.75, 3.05) is 20.3 Å². The van der Waals surface area contributed by atoms with Crippen LogP contribution in [0.5, 0.6) is 17.2 Å². The Morgan fingerprint density at radius 2 is 2.05 bits per heavy atom. The van der Waals surface area contributed by atoms with Crippen LogP contribution < -0.4 is 19.5 Å². The van der Waals surface area contributed by atoms with Crippen molar-refractivity contribution in [1.82, 2.24) is 5.32 Å². The highest BCUT2D eigenvalue weighted by Crippen LogP contribution is 2.45. The predicted molar refractivity (Wildman–Crippen MR) is 73.0 cm³/mol. The van der Waals surface area contributed by atoms with Gasteiger partial charge in [0.2, 0.25) is 5.75 Å². The first-order valence-corrected chi connectivity index (χ1v) is 6.80. The summed E-state index contributed by atoms with van der Waals surface area (Å²) in [5, 5.41) is 3.57. The van der Waals surface area contributed by atoms with E-state index in [1.54, 1.807) is 7.11 Å². The van der Waals surface area contributed by atoms with Gasteiger partial charge in [0, 0.05) is 12.6 Å². The second kappa shape index (κ2) is 4.60. The maximum Gasteiger partial charge on any atom is 0.203 e. The number of nitrogens with one attached hydrogen (secondary N) is 1. The normalized spacial score (nSPS) is 23.0. The Labute approximate surface area is 114 Å². The lowest BCUT2D eigenvalue weighted by molar-refractivity contribution is 0.165. The third-order valence-corrected chi connectivity index (χ3v) is 3.95. The van der Waals surface area contributed by atoms with E-state index in [4.69, 9.17) is 14.2 Å². The monoisotopic (exact) mass is 263 g/mol. The van der Waals surface area contributed by atoms with E-state index in [-0.39, 0.29) is 0 Å². The Morgan fingerprint density at radius 3 is 2.74 bits per heavy atom. The number of rotatable bonds is 4. The third kappa shape index (κ3) is 2.50. The summed E-state index contributed by atoms with van der Waals surface area (Å²) in [6.45, 7) is 6.59. The highest BCUT2D eigenvalue weighted by atomic mass is 16.6. The molecule has 104 valence electrons. The zero-order chi connectivity index (χ0) is 13.5. The summed E-state index contributed by atoms with van der Waals surface area (Å²) in [5.41, 5.74) is 1.61. The number of methoxy groups -OCH3 is 1. The second-order valence-electron chi connectivity index (χ2n) is 5.95. The van der Waals surface area contributed by atoms with Gasteiger partial charge >= 0.3 is 0 Å². The molecule has 1 aliphatic heterocycles. The van der Waals surface area contributed by atoms with E-state index in [0.29, 0.717) is 24.7 Å². The first-order valence-electron chi connectivity index (χ1n) is 6.80. The van der Waals surface area contributed by atoms with Crippen molar-refractivity contribution in [2.24, 2.45) is 5.41 Å². The Balaban J connectivity index is 1.74. The minimum Gasteiger partial charge on any atom is -0.493 e. The van der Waals surface area contributed by atoms with Gasteiger partial charge in [0.1, 0.15) is 13.2 Å². The highest BCUT2D eigenvalue weighted by Gasteiger charge is 2.45. The Morgan fingerprint density at radius 1 is 1.32 bits per heavy atom. The molecule has 1 heterocycles. The first-order chi connectivity index (χ1) is 9.10. The van der Waals surface area contributed by atoms with Crippen LogP contribution in [0.1, 0.15) is 25.8 Å². The van der Waals surface area contributed by atoms with Gasteiger partial charge in [-0.3, -0.25) is 0 Å². The van der Waals surface area contributed by atoms with Crippen LogP contribution in [0, 0.1) is 5.41 Å². The van der Waals surface area contributed by atoms with Gasteiger partial charge in [-0.15, -0.1) is 0 Å². The van der Waals surface area contributed by atoms with Gasteiger partial charge in [0.05, 0.1) is 7.11 Å². The van der Waals surface area contributed by atoms with Crippen molar-refractivity contribution in [2.45, 2.75) is 32.9 Å². The first kappa shape index (κ1) is 12.6. The van der Waals surface area contributed by atoms with Crippen LogP contribution in [-0.2, 0) is 6.54 Å². The lowest BCUT2D eigenvalue weighted by Gasteiger charge is -2.21. The topological polar surface area (TPSA) is 39.7 Å². The molecule has 3 rings (SSSR count). The van der Waals surface area contributed by atoms with Crippen molar-refractivity contribution in [3.63, 3.8) is 0 Å². The fourth-order valence-electron chi connectivity index (χ4n) is 2.49. The second-order valence-corrected chi connectivity index (χ2v) is 5.95. The van der Waals surface area contributed by atoms with E-state index < -0.39 is 0 Å². The summed E-state index contributed by atoms with van der Waals surface area (Å²) in [7, 11) is 1.66. The van der Waals surface area contributed by atoms with Crippen molar-refractivity contribution in [3.8, 4) is 17.2 Å². The molecule has 2 aliphatic rings. The molecule has 1 aromatic carbocycles. The molecule has 4 nitrogen and oxygen atoms in total. The van der Waals surface area contributed by atoms with Gasteiger partial charge in [-0.05, 0) is 29.5 Å². The lowest BCUT2D eigenvalue weighted by atomic mass is 10.1. The van der Waals surface area contributed by atoms with E-state index in [2.05, 4.69) is 19.2 Å². The molecule has 19 heavy (non-hydrogen) atoms. The average molecular weight is 263 g/mol. The predicted octanol–water partition coefficient (Wildman–Crippen LogP) is 2.35. The zero-order valence-electron chi connectivity index (χ0n) is 11.8. The molecular formula is C15H21NO3. The maximum atomic E-state index is 5.64. The summed E-state index contributed by atoms with van der Waals surface area (Å²) in [6.07, 6.45) is 1.24. The van der Waals surface area contributed by atoms with Crippen LogP contribution in [0.15, 0.2) is 12.1 Å². The van der Waals surface area contributed by atoms with Crippen LogP contribution in [0.4, 0.5) is 0 Å². The van der Waals surface area contributed by atoms with Gasteiger partial charge < -0.3 is 19.5 Å². The number of ether oxygens (including phenoxy) is 3. The molecule has 1 aliphatic carbocycles. The van der Waals surface area contributed by atoms with Gasteiger partial charge in [-0.25, -0.2) is 0 Å². The molecule has 1 fully saturated rings. The summed E-state index contributed by atoms with van der Waals surface area (Å²) in [5.74, 6) is 2.27. The molecule has 1 saturated carbocycles.